The fraction of sp³-hybridized carbons (Fsp3) is 0.429. The van der Waals surface area contributed by atoms with E-state index >= 15 is 0 Å². The van der Waals surface area contributed by atoms with Crippen LogP contribution in [-0.4, -0.2) is 29.6 Å². The summed E-state index contributed by atoms with van der Waals surface area (Å²) in [6, 6.07) is 4.61. The van der Waals surface area contributed by atoms with Crippen LogP contribution in [-0.2, 0) is 9.59 Å². The third-order valence-corrected chi connectivity index (χ3v) is 4.17. The molecule has 0 saturated heterocycles. The fourth-order valence-electron chi connectivity index (χ4n) is 2.08. The van der Waals surface area contributed by atoms with Gasteiger partial charge < -0.3 is 15.7 Å². The highest BCUT2D eigenvalue weighted by molar-refractivity contribution is 6.45. The van der Waals surface area contributed by atoms with Crippen LogP contribution < -0.4 is 10.6 Å². The molecule has 1 aromatic rings. The summed E-state index contributed by atoms with van der Waals surface area (Å²) >= 11 is 11.8. The predicted molar refractivity (Wildman–Crippen MR) is 81.4 cm³/mol. The van der Waals surface area contributed by atoms with Gasteiger partial charge in [0.15, 0.2) is 0 Å². The second-order valence-electron chi connectivity index (χ2n) is 4.99. The van der Waals surface area contributed by atoms with Gasteiger partial charge in [0.2, 0.25) is 0 Å². The van der Waals surface area contributed by atoms with Gasteiger partial charge in [-0.25, -0.2) is 0 Å². The Labute approximate surface area is 132 Å². The van der Waals surface area contributed by atoms with Crippen LogP contribution in [0.5, 0.6) is 0 Å². The van der Waals surface area contributed by atoms with Crippen molar-refractivity contribution in [3.8, 4) is 0 Å². The average molecular weight is 331 g/mol. The molecule has 1 aliphatic carbocycles. The number of rotatable bonds is 5. The van der Waals surface area contributed by atoms with Crippen molar-refractivity contribution in [2.75, 3.05) is 11.9 Å². The summed E-state index contributed by atoms with van der Waals surface area (Å²) in [7, 11) is 0. The molecule has 1 saturated carbocycles. The van der Waals surface area contributed by atoms with Crippen LogP contribution in [0.15, 0.2) is 18.2 Å². The monoisotopic (exact) mass is 330 g/mol. The van der Waals surface area contributed by atoms with E-state index in [-0.39, 0.29) is 23.4 Å². The van der Waals surface area contributed by atoms with Crippen molar-refractivity contribution in [1.82, 2.24) is 5.32 Å². The molecule has 0 heterocycles. The van der Waals surface area contributed by atoms with Gasteiger partial charge in [0.05, 0.1) is 15.7 Å². The SMILES string of the molecule is O=C(Nc1cccc(Cl)c1Cl)C(=O)NC(CCO)C1CC1. The first-order valence-corrected chi connectivity index (χ1v) is 7.45. The third-order valence-electron chi connectivity index (χ3n) is 3.35. The highest BCUT2D eigenvalue weighted by Crippen LogP contribution is 2.34. The number of aliphatic hydroxyl groups is 1. The molecule has 0 aliphatic heterocycles. The van der Waals surface area contributed by atoms with Crippen molar-refractivity contribution in [2.45, 2.75) is 25.3 Å². The van der Waals surface area contributed by atoms with Crippen molar-refractivity contribution in [2.24, 2.45) is 5.92 Å². The van der Waals surface area contributed by atoms with Gasteiger partial charge >= 0.3 is 11.8 Å². The quantitative estimate of drug-likeness (QED) is 0.724. The molecule has 3 N–H and O–H groups in total. The molecule has 2 amide bonds. The maximum absolute atomic E-state index is 11.9. The number of anilines is 1. The van der Waals surface area contributed by atoms with Gasteiger partial charge in [-0.15, -0.1) is 0 Å². The number of aliphatic hydroxyl groups excluding tert-OH is 1. The molecule has 1 atom stereocenters. The van der Waals surface area contributed by atoms with Gasteiger partial charge in [0.25, 0.3) is 0 Å². The maximum atomic E-state index is 11.9. The molecule has 7 heteroatoms. The summed E-state index contributed by atoms with van der Waals surface area (Å²) in [5.74, 6) is -1.19. The van der Waals surface area contributed by atoms with Crippen LogP contribution in [0.2, 0.25) is 10.0 Å². The molecule has 1 unspecified atom stereocenters. The van der Waals surface area contributed by atoms with Crippen LogP contribution in [0.4, 0.5) is 5.69 Å². The van der Waals surface area contributed by atoms with E-state index in [2.05, 4.69) is 10.6 Å². The van der Waals surface area contributed by atoms with E-state index in [1.807, 2.05) is 0 Å². The average Bonchev–Trinajstić information content (AvgIpc) is 3.27. The summed E-state index contributed by atoms with van der Waals surface area (Å²) in [4.78, 5) is 23.8. The first kappa shape index (κ1) is 16.1. The molecule has 1 aliphatic rings. The normalized spacial score (nSPS) is 15.4. The minimum atomic E-state index is -0.803. The number of carbonyl (C=O) groups is 2. The number of carbonyl (C=O) groups excluding carboxylic acids is 2. The summed E-state index contributed by atoms with van der Waals surface area (Å²) in [6.45, 7) is -0.0246. The number of benzene rings is 1. The lowest BCUT2D eigenvalue weighted by molar-refractivity contribution is -0.136. The molecule has 0 spiro atoms. The zero-order valence-electron chi connectivity index (χ0n) is 11.2. The highest BCUT2D eigenvalue weighted by Gasteiger charge is 2.33. The minimum Gasteiger partial charge on any atom is -0.396 e. The Balaban J connectivity index is 1.95. The molecule has 0 radical (unpaired) electrons. The van der Waals surface area contributed by atoms with Gasteiger partial charge in [-0.3, -0.25) is 9.59 Å². The third kappa shape index (κ3) is 4.33. The van der Waals surface area contributed by atoms with E-state index in [4.69, 9.17) is 28.3 Å². The van der Waals surface area contributed by atoms with E-state index in [9.17, 15) is 9.59 Å². The van der Waals surface area contributed by atoms with Crippen LogP contribution >= 0.6 is 23.2 Å². The Morgan fingerprint density at radius 3 is 2.62 bits per heavy atom. The van der Waals surface area contributed by atoms with Crippen molar-refractivity contribution in [3.63, 3.8) is 0 Å². The zero-order valence-corrected chi connectivity index (χ0v) is 12.7. The maximum Gasteiger partial charge on any atom is 0.313 e. The fourth-order valence-corrected chi connectivity index (χ4v) is 2.42. The number of hydrogen-bond donors (Lipinski definition) is 3. The second kappa shape index (κ2) is 7.11. The van der Waals surface area contributed by atoms with Crippen molar-refractivity contribution in [1.29, 1.82) is 0 Å². The number of amides is 2. The molecule has 21 heavy (non-hydrogen) atoms. The standard InChI is InChI=1S/C14H16Cl2N2O3/c15-9-2-1-3-11(12(9)16)18-14(21)13(20)17-10(6-7-19)8-4-5-8/h1-3,8,10,19H,4-7H2,(H,17,20)(H,18,21). The van der Waals surface area contributed by atoms with Gasteiger partial charge in [-0.2, -0.15) is 0 Å². The Hall–Kier alpha value is -1.30. The molecular formula is C14H16Cl2N2O3. The van der Waals surface area contributed by atoms with Gasteiger partial charge in [-0.05, 0) is 37.3 Å². The summed E-state index contributed by atoms with van der Waals surface area (Å²) in [6.07, 6.45) is 2.46. The van der Waals surface area contributed by atoms with E-state index in [0.29, 0.717) is 17.4 Å². The number of nitrogens with one attached hydrogen (secondary N) is 2. The first-order chi connectivity index (χ1) is 10.0. The largest absolute Gasteiger partial charge is 0.396 e. The van der Waals surface area contributed by atoms with Crippen LogP contribution in [0.25, 0.3) is 0 Å². The number of halogens is 2. The summed E-state index contributed by atoms with van der Waals surface area (Å²) in [5, 5.41) is 14.5. The predicted octanol–water partition coefficient (Wildman–Crippen LogP) is 2.21. The first-order valence-electron chi connectivity index (χ1n) is 6.69. The topological polar surface area (TPSA) is 78.4 Å². The van der Waals surface area contributed by atoms with E-state index in [1.54, 1.807) is 18.2 Å². The van der Waals surface area contributed by atoms with Gasteiger partial charge in [-0.1, -0.05) is 29.3 Å². The molecule has 1 fully saturated rings. The van der Waals surface area contributed by atoms with Gasteiger partial charge in [0.1, 0.15) is 0 Å². The van der Waals surface area contributed by atoms with Crippen LogP contribution in [0.1, 0.15) is 19.3 Å². The minimum absolute atomic E-state index is 0.0246. The Bertz CT molecular complexity index is 547. The Morgan fingerprint density at radius 2 is 2.00 bits per heavy atom. The lowest BCUT2D eigenvalue weighted by Gasteiger charge is -2.17. The lowest BCUT2D eigenvalue weighted by Crippen LogP contribution is -2.43. The smallest absolute Gasteiger partial charge is 0.313 e. The Kier molecular flexibility index (Phi) is 5.45. The van der Waals surface area contributed by atoms with Crippen LogP contribution in [0, 0.1) is 5.92 Å². The zero-order chi connectivity index (χ0) is 15.4. The van der Waals surface area contributed by atoms with E-state index in [1.165, 1.54) is 0 Å². The summed E-state index contributed by atoms with van der Waals surface area (Å²) in [5.41, 5.74) is 0.287. The highest BCUT2D eigenvalue weighted by atomic mass is 35.5. The van der Waals surface area contributed by atoms with E-state index < -0.39 is 11.8 Å². The molecule has 114 valence electrons. The molecule has 2 rings (SSSR count). The van der Waals surface area contributed by atoms with Gasteiger partial charge in [0, 0.05) is 12.6 Å². The summed E-state index contributed by atoms with van der Waals surface area (Å²) < 4.78 is 0. The van der Waals surface area contributed by atoms with Crippen molar-refractivity contribution >= 4 is 40.7 Å². The molecule has 5 nitrogen and oxygen atoms in total. The van der Waals surface area contributed by atoms with E-state index in [0.717, 1.165) is 12.8 Å². The molecular weight excluding hydrogens is 315 g/mol. The van der Waals surface area contributed by atoms with Crippen molar-refractivity contribution < 1.29 is 14.7 Å². The number of hydrogen-bond acceptors (Lipinski definition) is 3. The Morgan fingerprint density at radius 1 is 1.29 bits per heavy atom. The molecule has 1 aromatic carbocycles. The van der Waals surface area contributed by atoms with Crippen molar-refractivity contribution in [3.05, 3.63) is 28.2 Å². The molecule has 0 bridgehead atoms. The van der Waals surface area contributed by atoms with Crippen LogP contribution in [0.3, 0.4) is 0 Å². The lowest BCUT2D eigenvalue weighted by atomic mass is 10.1. The second-order valence-corrected chi connectivity index (χ2v) is 5.77. The molecule has 0 aromatic heterocycles.